The number of para-hydroxylation sites is 1. The van der Waals surface area contributed by atoms with Gasteiger partial charge in [-0.05, 0) is 24.5 Å². The smallest absolute Gasteiger partial charge is 0.267 e. The van der Waals surface area contributed by atoms with Gasteiger partial charge in [0.25, 0.3) is 5.56 Å². The molecule has 2 aromatic carbocycles. The molecule has 0 spiro atoms. The summed E-state index contributed by atoms with van der Waals surface area (Å²) in [7, 11) is 0. The van der Waals surface area contributed by atoms with Gasteiger partial charge < -0.3 is 5.32 Å². The van der Waals surface area contributed by atoms with E-state index in [0.29, 0.717) is 5.69 Å². The Hall–Kier alpha value is -2.86. The van der Waals surface area contributed by atoms with E-state index >= 15 is 0 Å². The Labute approximate surface area is 149 Å². The first-order valence-corrected chi connectivity index (χ1v) is 8.96. The quantitative estimate of drug-likeness (QED) is 0.717. The minimum Gasteiger partial charge on any atom is -0.323 e. The molecule has 126 valence electrons. The zero-order chi connectivity index (χ0) is 17.6. The second-order valence-corrected chi connectivity index (χ2v) is 6.18. The molecule has 1 amide bonds. The van der Waals surface area contributed by atoms with Crippen LogP contribution in [-0.2, 0) is 11.3 Å². The number of carbonyl (C=O) groups is 1. The van der Waals surface area contributed by atoms with Crippen molar-refractivity contribution in [1.82, 2.24) is 9.78 Å². The molecule has 0 unspecified atom stereocenters. The van der Waals surface area contributed by atoms with Crippen molar-refractivity contribution in [3.05, 3.63) is 77.1 Å². The highest BCUT2D eigenvalue weighted by molar-refractivity contribution is 7.98. The maximum atomic E-state index is 12.3. The second kappa shape index (κ2) is 7.81. The van der Waals surface area contributed by atoms with Crippen LogP contribution in [0, 0.1) is 0 Å². The monoisotopic (exact) mass is 351 g/mol. The number of aromatic nitrogens is 2. The Morgan fingerprint density at radius 1 is 1.04 bits per heavy atom. The van der Waals surface area contributed by atoms with Crippen LogP contribution < -0.4 is 10.9 Å². The van der Waals surface area contributed by atoms with E-state index in [9.17, 15) is 9.59 Å². The number of amides is 1. The van der Waals surface area contributed by atoms with Crippen molar-refractivity contribution < 1.29 is 4.79 Å². The average molecular weight is 351 g/mol. The van der Waals surface area contributed by atoms with Crippen LogP contribution in [0.3, 0.4) is 0 Å². The predicted octanol–water partition coefficient (Wildman–Crippen LogP) is 3.27. The number of carbonyl (C=O) groups excluding carboxylic acids is 1. The summed E-state index contributed by atoms with van der Waals surface area (Å²) in [5, 5.41) is 7.14. The van der Waals surface area contributed by atoms with E-state index in [1.165, 1.54) is 10.7 Å². The Morgan fingerprint density at radius 3 is 2.52 bits per heavy atom. The molecule has 25 heavy (non-hydrogen) atoms. The Kier molecular flexibility index (Phi) is 5.30. The molecule has 0 aliphatic heterocycles. The third kappa shape index (κ3) is 4.16. The minimum absolute atomic E-state index is 0.137. The molecule has 0 aliphatic rings. The van der Waals surface area contributed by atoms with Crippen molar-refractivity contribution in [2.24, 2.45) is 0 Å². The minimum atomic E-state index is -0.312. The van der Waals surface area contributed by atoms with E-state index in [1.54, 1.807) is 17.8 Å². The van der Waals surface area contributed by atoms with E-state index < -0.39 is 0 Å². The molecule has 0 saturated carbocycles. The van der Waals surface area contributed by atoms with Crippen molar-refractivity contribution in [3.8, 4) is 11.3 Å². The fourth-order valence-corrected chi connectivity index (χ4v) is 2.95. The van der Waals surface area contributed by atoms with Crippen molar-refractivity contribution in [2.75, 3.05) is 11.6 Å². The Balaban J connectivity index is 1.80. The van der Waals surface area contributed by atoms with Gasteiger partial charge in [0.15, 0.2) is 0 Å². The standard InChI is InChI=1S/C19H17N3O2S/c1-25-17-10-6-5-9-16(17)20-18(23)13-22-19(24)12-11-15(21-22)14-7-3-2-4-8-14/h2-12H,13H2,1H3,(H,20,23). The SMILES string of the molecule is CSc1ccccc1NC(=O)Cn1nc(-c2ccccc2)ccc1=O. The molecule has 3 rings (SSSR count). The number of benzene rings is 2. The van der Waals surface area contributed by atoms with E-state index in [0.717, 1.165) is 16.1 Å². The van der Waals surface area contributed by atoms with Crippen molar-refractivity contribution >= 4 is 23.4 Å². The van der Waals surface area contributed by atoms with Gasteiger partial charge in [0.05, 0.1) is 11.4 Å². The van der Waals surface area contributed by atoms with Gasteiger partial charge in [0, 0.05) is 16.5 Å². The van der Waals surface area contributed by atoms with E-state index in [2.05, 4.69) is 10.4 Å². The number of anilines is 1. The molecular formula is C19H17N3O2S. The molecule has 3 aromatic rings. The molecule has 1 aromatic heterocycles. The summed E-state index contributed by atoms with van der Waals surface area (Å²) in [6.07, 6.45) is 1.94. The Bertz CT molecular complexity index is 939. The van der Waals surface area contributed by atoms with Gasteiger partial charge in [-0.15, -0.1) is 11.8 Å². The highest BCUT2D eigenvalue weighted by atomic mass is 32.2. The topological polar surface area (TPSA) is 64.0 Å². The van der Waals surface area contributed by atoms with Crippen molar-refractivity contribution in [3.63, 3.8) is 0 Å². The third-order valence-corrected chi connectivity index (χ3v) is 4.41. The number of hydrogen-bond donors (Lipinski definition) is 1. The van der Waals surface area contributed by atoms with Crippen LogP contribution in [0.2, 0.25) is 0 Å². The van der Waals surface area contributed by atoms with E-state index in [1.807, 2.05) is 60.9 Å². The van der Waals surface area contributed by atoms with E-state index in [4.69, 9.17) is 0 Å². The van der Waals surface area contributed by atoms with Gasteiger partial charge >= 0.3 is 0 Å². The number of thioether (sulfide) groups is 1. The van der Waals surface area contributed by atoms with Gasteiger partial charge in [-0.1, -0.05) is 42.5 Å². The number of nitrogens with one attached hydrogen (secondary N) is 1. The van der Waals surface area contributed by atoms with Gasteiger partial charge in [-0.25, -0.2) is 4.68 Å². The summed E-state index contributed by atoms with van der Waals surface area (Å²) in [4.78, 5) is 25.3. The molecule has 1 N–H and O–H groups in total. The number of nitrogens with zero attached hydrogens (tertiary/aromatic N) is 2. The van der Waals surface area contributed by atoms with Crippen LogP contribution in [-0.4, -0.2) is 21.9 Å². The summed E-state index contributed by atoms with van der Waals surface area (Å²) in [5.41, 5.74) is 1.96. The first-order chi connectivity index (χ1) is 12.2. The molecule has 0 radical (unpaired) electrons. The van der Waals surface area contributed by atoms with Gasteiger partial charge in [-0.3, -0.25) is 9.59 Å². The van der Waals surface area contributed by atoms with Crippen LogP contribution in [0.1, 0.15) is 0 Å². The first-order valence-electron chi connectivity index (χ1n) is 7.74. The molecule has 0 atom stereocenters. The fraction of sp³-hybridized carbons (Fsp3) is 0.105. The summed E-state index contributed by atoms with van der Waals surface area (Å²) in [6, 6.07) is 20.2. The summed E-state index contributed by atoms with van der Waals surface area (Å²) < 4.78 is 1.18. The highest BCUT2D eigenvalue weighted by Gasteiger charge is 2.10. The van der Waals surface area contributed by atoms with Crippen LogP contribution >= 0.6 is 11.8 Å². The van der Waals surface area contributed by atoms with Crippen LogP contribution in [0.5, 0.6) is 0 Å². The van der Waals surface area contributed by atoms with Crippen molar-refractivity contribution in [2.45, 2.75) is 11.4 Å². The lowest BCUT2D eigenvalue weighted by Gasteiger charge is -2.10. The zero-order valence-electron chi connectivity index (χ0n) is 13.7. The summed E-state index contributed by atoms with van der Waals surface area (Å²) in [5.74, 6) is -0.290. The van der Waals surface area contributed by atoms with Crippen LogP contribution in [0.4, 0.5) is 5.69 Å². The lowest BCUT2D eigenvalue weighted by atomic mass is 10.1. The number of hydrogen-bond acceptors (Lipinski definition) is 4. The molecule has 0 fully saturated rings. The van der Waals surface area contributed by atoms with Gasteiger partial charge in [-0.2, -0.15) is 5.10 Å². The lowest BCUT2D eigenvalue weighted by Crippen LogP contribution is -2.29. The molecule has 0 bridgehead atoms. The number of rotatable bonds is 5. The largest absolute Gasteiger partial charge is 0.323 e. The molecule has 0 aliphatic carbocycles. The zero-order valence-corrected chi connectivity index (χ0v) is 14.5. The predicted molar refractivity (Wildman–Crippen MR) is 101 cm³/mol. The molecule has 1 heterocycles. The maximum Gasteiger partial charge on any atom is 0.267 e. The van der Waals surface area contributed by atoms with Gasteiger partial charge in [0.2, 0.25) is 5.91 Å². The van der Waals surface area contributed by atoms with E-state index in [-0.39, 0.29) is 18.0 Å². The molecular weight excluding hydrogens is 334 g/mol. The third-order valence-electron chi connectivity index (χ3n) is 3.61. The molecule has 5 nitrogen and oxygen atoms in total. The summed E-state index contributed by atoms with van der Waals surface area (Å²) >= 11 is 1.55. The van der Waals surface area contributed by atoms with Crippen LogP contribution in [0.15, 0.2) is 76.4 Å². The normalized spacial score (nSPS) is 10.4. The van der Waals surface area contributed by atoms with Crippen LogP contribution in [0.25, 0.3) is 11.3 Å². The molecule has 6 heteroatoms. The lowest BCUT2D eigenvalue weighted by molar-refractivity contribution is -0.117. The molecule has 0 saturated heterocycles. The van der Waals surface area contributed by atoms with Crippen molar-refractivity contribution in [1.29, 1.82) is 0 Å². The highest BCUT2D eigenvalue weighted by Crippen LogP contribution is 2.24. The van der Waals surface area contributed by atoms with Gasteiger partial charge in [0.1, 0.15) is 6.54 Å². The Morgan fingerprint density at radius 2 is 1.76 bits per heavy atom. The average Bonchev–Trinajstić information content (AvgIpc) is 2.64. The maximum absolute atomic E-state index is 12.3. The second-order valence-electron chi connectivity index (χ2n) is 5.33. The fourth-order valence-electron chi connectivity index (χ4n) is 2.40. The summed E-state index contributed by atoms with van der Waals surface area (Å²) in [6.45, 7) is -0.137. The first kappa shape index (κ1) is 17.0.